The maximum absolute atomic E-state index is 5.56. The van der Waals surface area contributed by atoms with Crippen molar-refractivity contribution in [3.05, 3.63) is 0 Å². The fourth-order valence-corrected chi connectivity index (χ4v) is 4.57. The highest BCUT2D eigenvalue weighted by atomic mass is 127. The Balaban J connectivity index is 0.00000625. The Hall–Kier alpha value is 0.270. The molecule has 1 aliphatic rings. The molecule has 0 bridgehead atoms. The van der Waals surface area contributed by atoms with Gasteiger partial charge >= 0.3 is 0 Å². The van der Waals surface area contributed by atoms with Crippen LogP contribution in [0.25, 0.3) is 0 Å². The number of nitrogens with one attached hydrogen (secondary N) is 2. The number of hydrogen-bond acceptors (Lipinski definition) is 4. The van der Waals surface area contributed by atoms with Crippen LogP contribution in [0.2, 0.25) is 0 Å². The van der Waals surface area contributed by atoms with E-state index in [1.54, 1.807) is 0 Å². The molecule has 0 spiro atoms. The molecule has 0 aromatic heterocycles. The summed E-state index contributed by atoms with van der Waals surface area (Å²) in [5.41, 5.74) is 0. The molecule has 7 heteroatoms. The lowest BCUT2D eigenvalue weighted by Crippen LogP contribution is -2.49. The third kappa shape index (κ3) is 9.99. The van der Waals surface area contributed by atoms with Crippen molar-refractivity contribution in [3.63, 3.8) is 0 Å². The van der Waals surface area contributed by atoms with Gasteiger partial charge in [-0.1, -0.05) is 20.8 Å². The largest absolute Gasteiger partial charge is 0.381 e. The number of guanidine groups is 1. The average molecular weight is 501 g/mol. The van der Waals surface area contributed by atoms with Gasteiger partial charge in [0.1, 0.15) is 0 Å². The first-order chi connectivity index (χ1) is 12.1. The quantitative estimate of drug-likeness (QED) is 0.258. The number of halogens is 1. The molecule has 0 saturated carbocycles. The highest BCUT2D eigenvalue weighted by Crippen LogP contribution is 2.34. The lowest BCUT2D eigenvalue weighted by Gasteiger charge is -2.37. The predicted octanol–water partition coefficient (Wildman–Crippen LogP) is 3.58. The lowest BCUT2D eigenvalue weighted by molar-refractivity contribution is 0.0782. The molecule has 0 radical (unpaired) electrons. The second kappa shape index (κ2) is 15.2. The van der Waals surface area contributed by atoms with Gasteiger partial charge in [0.25, 0.3) is 0 Å². The van der Waals surface area contributed by atoms with Crippen molar-refractivity contribution in [3.8, 4) is 0 Å². The second-order valence-electron chi connectivity index (χ2n) is 6.87. The van der Waals surface area contributed by atoms with Crippen LogP contribution >= 0.6 is 35.7 Å². The van der Waals surface area contributed by atoms with E-state index in [1.807, 2.05) is 7.05 Å². The molecular weight excluding hydrogens is 459 g/mol. The Bertz CT molecular complexity index is 369. The Kier molecular flexibility index (Phi) is 15.4. The van der Waals surface area contributed by atoms with Gasteiger partial charge in [-0.3, -0.25) is 4.99 Å². The molecule has 156 valence electrons. The molecule has 1 rings (SSSR count). The molecule has 1 atom stereocenters. The number of aliphatic imine (C=N–C) groups is 1. The monoisotopic (exact) mass is 500 g/mol. The average Bonchev–Trinajstić information content (AvgIpc) is 2.63. The first-order valence-electron chi connectivity index (χ1n) is 10.00. The summed E-state index contributed by atoms with van der Waals surface area (Å²) in [4.78, 5) is 6.91. The number of ether oxygens (including phenoxy) is 1. The maximum atomic E-state index is 5.56. The van der Waals surface area contributed by atoms with Gasteiger partial charge in [0.2, 0.25) is 0 Å². The Morgan fingerprint density at radius 3 is 2.42 bits per heavy atom. The van der Waals surface area contributed by atoms with Gasteiger partial charge < -0.3 is 20.3 Å². The van der Waals surface area contributed by atoms with E-state index in [4.69, 9.17) is 4.74 Å². The predicted molar refractivity (Wildman–Crippen MR) is 127 cm³/mol. The molecule has 0 aliphatic carbocycles. The zero-order chi connectivity index (χ0) is 18.5. The molecular formula is C19H41IN4OS. The number of rotatable bonds is 11. The van der Waals surface area contributed by atoms with E-state index in [-0.39, 0.29) is 28.7 Å². The third-order valence-electron chi connectivity index (χ3n) is 5.05. The minimum absolute atomic E-state index is 0. The molecule has 0 aromatic carbocycles. The molecule has 1 fully saturated rings. The van der Waals surface area contributed by atoms with Crippen LogP contribution in [0.4, 0.5) is 0 Å². The van der Waals surface area contributed by atoms with Crippen LogP contribution in [0.3, 0.4) is 0 Å². The summed E-state index contributed by atoms with van der Waals surface area (Å²) >= 11 is 2.06. The van der Waals surface area contributed by atoms with Crippen molar-refractivity contribution in [1.29, 1.82) is 0 Å². The van der Waals surface area contributed by atoms with Gasteiger partial charge in [-0.25, -0.2) is 0 Å². The highest BCUT2D eigenvalue weighted by molar-refractivity contribution is 14.0. The fraction of sp³-hybridized carbons (Fsp3) is 0.947. The van der Waals surface area contributed by atoms with Gasteiger partial charge in [-0.05, 0) is 58.0 Å². The van der Waals surface area contributed by atoms with E-state index in [0.29, 0.717) is 6.04 Å². The molecule has 1 aliphatic heterocycles. The molecule has 5 nitrogen and oxygen atoms in total. The summed E-state index contributed by atoms with van der Waals surface area (Å²) in [6.07, 6.45) is 4.63. The van der Waals surface area contributed by atoms with Crippen LogP contribution in [0.15, 0.2) is 4.99 Å². The normalized spacial score (nSPS) is 18.3. The van der Waals surface area contributed by atoms with E-state index in [0.717, 1.165) is 57.4 Å². The maximum Gasteiger partial charge on any atom is 0.191 e. The number of thioether (sulfide) groups is 1. The zero-order valence-corrected chi connectivity index (χ0v) is 20.6. The minimum atomic E-state index is 0. The van der Waals surface area contributed by atoms with Crippen LogP contribution in [0.5, 0.6) is 0 Å². The second-order valence-corrected chi connectivity index (χ2v) is 8.60. The molecule has 0 amide bonds. The van der Waals surface area contributed by atoms with E-state index in [2.05, 4.69) is 60.0 Å². The Morgan fingerprint density at radius 2 is 1.88 bits per heavy atom. The van der Waals surface area contributed by atoms with Gasteiger partial charge in [0, 0.05) is 37.6 Å². The number of hydrogen-bond donors (Lipinski definition) is 2. The Labute approximate surface area is 182 Å². The first kappa shape index (κ1) is 26.3. The van der Waals surface area contributed by atoms with Crippen LogP contribution < -0.4 is 10.6 Å². The van der Waals surface area contributed by atoms with Crippen LogP contribution in [0.1, 0.15) is 53.4 Å². The van der Waals surface area contributed by atoms with Crippen molar-refractivity contribution >= 4 is 41.7 Å². The summed E-state index contributed by atoms with van der Waals surface area (Å²) < 4.78 is 5.85. The molecule has 0 aromatic rings. The molecule has 2 N–H and O–H groups in total. The minimum Gasteiger partial charge on any atom is -0.381 e. The lowest BCUT2D eigenvalue weighted by atomic mass is 9.99. The van der Waals surface area contributed by atoms with Gasteiger partial charge in [0.15, 0.2) is 5.96 Å². The van der Waals surface area contributed by atoms with Crippen molar-refractivity contribution < 1.29 is 4.74 Å². The van der Waals surface area contributed by atoms with Crippen LogP contribution in [-0.2, 0) is 4.74 Å². The van der Waals surface area contributed by atoms with Crippen molar-refractivity contribution in [2.24, 2.45) is 4.99 Å². The Morgan fingerprint density at radius 1 is 1.23 bits per heavy atom. The third-order valence-corrected chi connectivity index (χ3v) is 6.50. The van der Waals surface area contributed by atoms with Crippen molar-refractivity contribution in [2.45, 2.75) is 64.2 Å². The van der Waals surface area contributed by atoms with Crippen LogP contribution in [-0.4, -0.2) is 73.8 Å². The molecule has 1 unspecified atom stereocenters. The standard InChI is InChI=1S/C19H40N4OS.HI/c1-6-23(7-2)13-9-10-17(4)22-18(20-5)21-16-19(25-8-3)11-14-24-15-12-19;/h17H,6-16H2,1-5H3,(H2,20,21,22);1H. The summed E-state index contributed by atoms with van der Waals surface area (Å²) in [6, 6.07) is 0.436. The highest BCUT2D eigenvalue weighted by Gasteiger charge is 2.32. The van der Waals surface area contributed by atoms with Gasteiger partial charge in [-0.15, -0.1) is 24.0 Å². The van der Waals surface area contributed by atoms with E-state index < -0.39 is 0 Å². The van der Waals surface area contributed by atoms with Gasteiger partial charge in [-0.2, -0.15) is 11.8 Å². The summed E-state index contributed by atoms with van der Waals surface area (Å²) in [5.74, 6) is 2.08. The van der Waals surface area contributed by atoms with Gasteiger partial charge in [0.05, 0.1) is 0 Å². The zero-order valence-electron chi connectivity index (χ0n) is 17.5. The van der Waals surface area contributed by atoms with Crippen LogP contribution in [0, 0.1) is 0 Å². The van der Waals surface area contributed by atoms with Crippen molar-refractivity contribution in [1.82, 2.24) is 15.5 Å². The summed E-state index contributed by atoms with van der Waals surface area (Å²) in [6.45, 7) is 15.1. The SMILES string of the molecule is CCSC1(CNC(=NC)NC(C)CCCN(CC)CC)CCOCC1.I. The van der Waals surface area contributed by atoms with E-state index in [9.17, 15) is 0 Å². The first-order valence-corrected chi connectivity index (χ1v) is 11.0. The number of nitrogens with zero attached hydrogens (tertiary/aromatic N) is 2. The topological polar surface area (TPSA) is 48.9 Å². The van der Waals surface area contributed by atoms with E-state index in [1.165, 1.54) is 19.4 Å². The molecule has 26 heavy (non-hydrogen) atoms. The summed E-state index contributed by atoms with van der Waals surface area (Å²) in [7, 11) is 1.86. The van der Waals surface area contributed by atoms with Crippen molar-refractivity contribution in [2.75, 3.05) is 52.2 Å². The fourth-order valence-electron chi connectivity index (χ4n) is 3.33. The summed E-state index contributed by atoms with van der Waals surface area (Å²) in [5, 5.41) is 7.12. The molecule has 1 heterocycles. The molecule has 1 saturated heterocycles. The smallest absolute Gasteiger partial charge is 0.191 e. The van der Waals surface area contributed by atoms with E-state index >= 15 is 0 Å².